The maximum absolute atomic E-state index is 12.6. The van der Waals surface area contributed by atoms with Gasteiger partial charge in [-0.2, -0.15) is 0 Å². The molecule has 0 bridgehead atoms. The maximum Gasteiger partial charge on any atom is 0.408 e. The fourth-order valence-corrected chi connectivity index (χ4v) is 2.70. The van der Waals surface area contributed by atoms with Crippen LogP contribution in [0.2, 0.25) is 0 Å². The van der Waals surface area contributed by atoms with Crippen LogP contribution in [-0.4, -0.2) is 28.8 Å². The van der Waals surface area contributed by atoms with E-state index >= 15 is 0 Å². The normalized spacial score (nSPS) is 12.1. The molecule has 0 aliphatic rings. The number of aryl methyl sites for hydroxylation is 1. The average Bonchev–Trinajstić information content (AvgIpc) is 2.66. The van der Waals surface area contributed by atoms with Gasteiger partial charge >= 0.3 is 12.1 Å². The van der Waals surface area contributed by atoms with E-state index in [2.05, 4.69) is 5.32 Å². The van der Waals surface area contributed by atoms with Gasteiger partial charge in [0.15, 0.2) is 0 Å². The molecule has 0 aliphatic heterocycles. The van der Waals surface area contributed by atoms with Crippen LogP contribution >= 0.6 is 0 Å². The summed E-state index contributed by atoms with van der Waals surface area (Å²) in [6.45, 7) is 5.44. The molecule has 0 heterocycles. The van der Waals surface area contributed by atoms with E-state index in [1.807, 2.05) is 42.5 Å². The second-order valence-electron chi connectivity index (χ2n) is 7.85. The Morgan fingerprint density at radius 2 is 1.66 bits per heavy atom. The van der Waals surface area contributed by atoms with Crippen LogP contribution in [0.5, 0.6) is 5.75 Å². The third-order valence-electron chi connectivity index (χ3n) is 4.09. The van der Waals surface area contributed by atoms with Crippen molar-refractivity contribution >= 4 is 12.1 Å². The molecule has 0 radical (unpaired) electrons. The van der Waals surface area contributed by atoms with Gasteiger partial charge in [0, 0.05) is 0 Å². The molecule has 0 fully saturated rings. The molecule has 0 aliphatic carbocycles. The number of ether oxygens (including phenoxy) is 2. The van der Waals surface area contributed by atoms with Gasteiger partial charge in [0.25, 0.3) is 0 Å². The van der Waals surface area contributed by atoms with Crippen LogP contribution in [0.1, 0.15) is 44.7 Å². The molecule has 2 rings (SSSR count). The number of esters is 1. The zero-order valence-corrected chi connectivity index (χ0v) is 17.2. The van der Waals surface area contributed by atoms with Crippen molar-refractivity contribution in [3.63, 3.8) is 0 Å². The minimum atomic E-state index is -0.800. The first-order valence-electron chi connectivity index (χ1n) is 9.71. The van der Waals surface area contributed by atoms with Crippen LogP contribution < -0.4 is 5.32 Å². The summed E-state index contributed by atoms with van der Waals surface area (Å²) in [5, 5.41) is 12.0. The van der Waals surface area contributed by atoms with Crippen LogP contribution in [0.4, 0.5) is 4.79 Å². The van der Waals surface area contributed by atoms with Crippen molar-refractivity contribution in [1.29, 1.82) is 0 Å². The van der Waals surface area contributed by atoms with Crippen LogP contribution in [0.25, 0.3) is 0 Å². The molecule has 0 saturated carbocycles. The molecule has 2 N–H and O–H groups in total. The van der Waals surface area contributed by atoms with E-state index < -0.39 is 23.7 Å². The molecular weight excluding hydrogens is 370 g/mol. The number of aromatic hydroxyl groups is 1. The molecule has 0 saturated heterocycles. The second-order valence-corrected chi connectivity index (χ2v) is 7.85. The monoisotopic (exact) mass is 399 g/mol. The van der Waals surface area contributed by atoms with Crippen molar-refractivity contribution in [3.8, 4) is 5.75 Å². The number of rotatable bonds is 8. The van der Waals surface area contributed by atoms with E-state index in [1.165, 1.54) is 0 Å². The summed E-state index contributed by atoms with van der Waals surface area (Å²) in [6.07, 6.45) is 1.13. The molecule has 0 unspecified atom stereocenters. The van der Waals surface area contributed by atoms with Crippen LogP contribution in [0.3, 0.4) is 0 Å². The Balaban J connectivity index is 1.94. The lowest BCUT2D eigenvalue weighted by Crippen LogP contribution is -2.44. The number of carbonyl (C=O) groups excluding carboxylic acids is 2. The van der Waals surface area contributed by atoms with Crippen molar-refractivity contribution in [2.75, 3.05) is 0 Å². The smallest absolute Gasteiger partial charge is 0.408 e. The molecular formula is C23H29NO5. The van der Waals surface area contributed by atoms with Crippen molar-refractivity contribution < 1.29 is 24.2 Å². The van der Waals surface area contributed by atoms with Gasteiger partial charge in [-0.25, -0.2) is 9.59 Å². The van der Waals surface area contributed by atoms with Gasteiger partial charge in [0.1, 0.15) is 24.0 Å². The molecule has 2 aromatic carbocycles. The van der Waals surface area contributed by atoms with E-state index in [-0.39, 0.29) is 12.4 Å². The summed E-state index contributed by atoms with van der Waals surface area (Å²) in [6, 6.07) is 15.5. The van der Waals surface area contributed by atoms with Crippen molar-refractivity contribution in [2.45, 2.75) is 58.3 Å². The Hall–Kier alpha value is -3.02. The number of phenols is 1. The number of alkyl carbamates (subject to hydrolysis) is 1. The number of hydrogen-bond donors (Lipinski definition) is 2. The van der Waals surface area contributed by atoms with Gasteiger partial charge in [0.2, 0.25) is 0 Å². The number of hydrogen-bond acceptors (Lipinski definition) is 5. The highest BCUT2D eigenvalue weighted by Gasteiger charge is 2.25. The lowest BCUT2D eigenvalue weighted by Gasteiger charge is -2.23. The van der Waals surface area contributed by atoms with Crippen LogP contribution in [-0.2, 0) is 27.3 Å². The highest BCUT2D eigenvalue weighted by atomic mass is 16.6. The Morgan fingerprint density at radius 1 is 1.00 bits per heavy atom. The molecule has 6 heteroatoms. The van der Waals surface area contributed by atoms with E-state index in [0.717, 1.165) is 11.1 Å². The number of phenolic OH excluding ortho intramolecular Hbond substituents is 1. The lowest BCUT2D eigenvalue weighted by atomic mass is 10.0. The molecule has 6 nitrogen and oxygen atoms in total. The van der Waals surface area contributed by atoms with Crippen molar-refractivity contribution in [2.24, 2.45) is 0 Å². The number of nitrogens with one attached hydrogen (secondary N) is 1. The molecule has 156 valence electrons. The van der Waals surface area contributed by atoms with E-state index in [0.29, 0.717) is 19.3 Å². The Labute approximate surface area is 171 Å². The third-order valence-corrected chi connectivity index (χ3v) is 4.09. The highest BCUT2D eigenvalue weighted by molar-refractivity contribution is 5.81. The quantitative estimate of drug-likeness (QED) is 0.645. The molecule has 29 heavy (non-hydrogen) atoms. The number of benzene rings is 2. The van der Waals surface area contributed by atoms with E-state index in [1.54, 1.807) is 32.9 Å². The van der Waals surface area contributed by atoms with E-state index in [4.69, 9.17) is 9.47 Å². The first-order chi connectivity index (χ1) is 13.7. The largest absolute Gasteiger partial charge is 0.508 e. The molecule has 1 atom stereocenters. The average molecular weight is 399 g/mol. The summed E-state index contributed by atoms with van der Waals surface area (Å²) in [5.74, 6) is -0.284. The van der Waals surface area contributed by atoms with Gasteiger partial charge < -0.3 is 19.9 Å². The Morgan fingerprint density at radius 3 is 2.28 bits per heavy atom. The fraction of sp³-hybridized carbons (Fsp3) is 0.391. The minimum Gasteiger partial charge on any atom is -0.508 e. The Bertz CT molecular complexity index is 781. The van der Waals surface area contributed by atoms with Crippen molar-refractivity contribution in [3.05, 3.63) is 65.7 Å². The highest BCUT2D eigenvalue weighted by Crippen LogP contribution is 2.14. The molecule has 1 amide bonds. The summed E-state index contributed by atoms with van der Waals surface area (Å²) in [4.78, 5) is 24.7. The minimum absolute atomic E-state index is 0.143. The number of amides is 1. The standard InChI is InChI=1S/C23H29NO5/c1-23(2,3)29-22(27)24-20(11-7-10-17-12-14-19(25)15-13-17)21(26)28-16-18-8-5-4-6-9-18/h4-6,8-9,12-15,20,25H,7,10-11,16H2,1-3H3,(H,24,27)/t20-/m0/s1. The Kier molecular flexibility index (Phi) is 8.07. The first-order valence-corrected chi connectivity index (χ1v) is 9.71. The van der Waals surface area contributed by atoms with Gasteiger partial charge in [-0.05, 0) is 63.3 Å². The van der Waals surface area contributed by atoms with Gasteiger partial charge in [0.05, 0.1) is 0 Å². The predicted molar refractivity (Wildman–Crippen MR) is 110 cm³/mol. The number of carbonyl (C=O) groups is 2. The summed E-state index contributed by atoms with van der Waals surface area (Å²) in [5.41, 5.74) is 1.26. The van der Waals surface area contributed by atoms with Gasteiger partial charge in [-0.15, -0.1) is 0 Å². The van der Waals surface area contributed by atoms with E-state index in [9.17, 15) is 14.7 Å². The lowest BCUT2D eigenvalue weighted by molar-refractivity contribution is -0.147. The SMILES string of the molecule is CC(C)(C)OC(=O)N[C@@H](CCCc1ccc(O)cc1)C(=O)OCc1ccccc1. The molecule has 0 aromatic heterocycles. The topological polar surface area (TPSA) is 84.9 Å². The van der Waals surface area contributed by atoms with Crippen LogP contribution in [0.15, 0.2) is 54.6 Å². The fourth-order valence-electron chi connectivity index (χ4n) is 2.70. The molecule has 2 aromatic rings. The predicted octanol–water partition coefficient (Wildman–Crippen LogP) is 4.35. The maximum atomic E-state index is 12.6. The summed E-state index contributed by atoms with van der Waals surface area (Å²) >= 11 is 0. The summed E-state index contributed by atoms with van der Waals surface area (Å²) < 4.78 is 10.7. The van der Waals surface area contributed by atoms with Crippen molar-refractivity contribution in [1.82, 2.24) is 5.32 Å². The third kappa shape index (κ3) is 8.68. The van der Waals surface area contributed by atoms with Crippen LogP contribution in [0, 0.1) is 0 Å². The zero-order chi connectivity index (χ0) is 21.3. The zero-order valence-electron chi connectivity index (χ0n) is 17.2. The van der Waals surface area contributed by atoms with Gasteiger partial charge in [-0.1, -0.05) is 42.5 Å². The van der Waals surface area contributed by atoms with Gasteiger partial charge in [-0.3, -0.25) is 0 Å². The first kappa shape index (κ1) is 22.3. The summed E-state index contributed by atoms with van der Waals surface area (Å²) in [7, 11) is 0. The molecule has 0 spiro atoms. The second kappa shape index (κ2) is 10.5.